The van der Waals surface area contributed by atoms with Gasteiger partial charge < -0.3 is 4.74 Å². The Morgan fingerprint density at radius 2 is 1.89 bits per heavy atom. The number of unbranched alkanes of at least 4 members (excludes halogenated alkanes) is 1. The van der Waals surface area contributed by atoms with Crippen molar-refractivity contribution < 1.29 is 13.5 Å². The van der Waals surface area contributed by atoms with E-state index in [1.54, 1.807) is 18.3 Å². The van der Waals surface area contributed by atoms with Crippen LogP contribution < -0.4 is 4.74 Å². The van der Waals surface area contributed by atoms with Gasteiger partial charge in [0.05, 0.1) is 5.70 Å². The molecule has 0 N–H and O–H groups in total. The molecule has 2 nitrogen and oxygen atoms in total. The van der Waals surface area contributed by atoms with Crippen molar-refractivity contribution >= 4 is 11.9 Å². The molecule has 4 heteroatoms. The van der Waals surface area contributed by atoms with Crippen molar-refractivity contribution in [3.63, 3.8) is 0 Å². The summed E-state index contributed by atoms with van der Waals surface area (Å²) in [5.74, 6) is 0.133. The van der Waals surface area contributed by atoms with E-state index < -0.39 is 6.61 Å². The Hall–Kier alpha value is -1.71. The standard InChI is InChI=1S/C13H15F2NO.C2H6/c1-3-4-9-16-10(2)11-5-7-12(8-6-11)17-13(14)15;1-2/h5-9,13H,2-4H2,1H3;1-2H3. The third-order valence-electron chi connectivity index (χ3n) is 2.08. The quantitative estimate of drug-likeness (QED) is 0.654. The fourth-order valence-corrected chi connectivity index (χ4v) is 1.21. The zero-order valence-corrected chi connectivity index (χ0v) is 11.7. The second-order valence-electron chi connectivity index (χ2n) is 3.45. The smallest absolute Gasteiger partial charge is 0.387 e. The maximum absolute atomic E-state index is 11.9. The number of hydrogen-bond donors (Lipinski definition) is 0. The normalized spacial score (nSPS) is 10.2. The summed E-state index contributed by atoms with van der Waals surface area (Å²) < 4.78 is 28.1. The van der Waals surface area contributed by atoms with E-state index in [-0.39, 0.29) is 5.75 Å². The molecule has 0 fully saturated rings. The zero-order chi connectivity index (χ0) is 14.7. The second kappa shape index (κ2) is 10.2. The summed E-state index contributed by atoms with van der Waals surface area (Å²) in [6.45, 7) is 7.06. The molecule has 0 radical (unpaired) electrons. The molecule has 0 saturated carbocycles. The highest BCUT2D eigenvalue weighted by atomic mass is 19.3. The predicted octanol–water partition coefficient (Wildman–Crippen LogP) is 5.16. The molecule has 0 saturated heterocycles. The molecule has 0 unspecified atom stereocenters. The lowest BCUT2D eigenvalue weighted by atomic mass is 10.2. The van der Waals surface area contributed by atoms with E-state index in [9.17, 15) is 8.78 Å². The van der Waals surface area contributed by atoms with E-state index >= 15 is 0 Å². The Labute approximate surface area is 113 Å². The van der Waals surface area contributed by atoms with E-state index in [2.05, 4.69) is 23.2 Å². The van der Waals surface area contributed by atoms with E-state index in [1.165, 1.54) is 12.1 Å². The van der Waals surface area contributed by atoms with Gasteiger partial charge in [-0.2, -0.15) is 8.78 Å². The summed E-state index contributed by atoms with van der Waals surface area (Å²) in [7, 11) is 0. The van der Waals surface area contributed by atoms with Gasteiger partial charge in [-0.15, -0.1) is 0 Å². The third-order valence-corrected chi connectivity index (χ3v) is 2.08. The molecule has 0 aliphatic rings. The van der Waals surface area contributed by atoms with E-state index in [1.807, 2.05) is 13.8 Å². The molecule has 0 atom stereocenters. The minimum Gasteiger partial charge on any atom is -0.435 e. The van der Waals surface area contributed by atoms with Crippen LogP contribution in [0.2, 0.25) is 0 Å². The summed E-state index contributed by atoms with van der Waals surface area (Å²) in [5, 5.41) is 0. The molecule has 0 aliphatic carbocycles. The lowest BCUT2D eigenvalue weighted by Gasteiger charge is -2.05. The molecule has 106 valence electrons. The predicted molar refractivity (Wildman–Crippen MR) is 76.9 cm³/mol. The van der Waals surface area contributed by atoms with Crippen LogP contribution in [0.15, 0.2) is 35.8 Å². The monoisotopic (exact) mass is 269 g/mol. The van der Waals surface area contributed by atoms with Gasteiger partial charge in [-0.1, -0.05) is 33.8 Å². The number of ether oxygens (including phenoxy) is 1. The number of benzene rings is 1. The molecule has 1 aromatic carbocycles. The molecule has 0 aromatic heterocycles. The highest BCUT2D eigenvalue weighted by Gasteiger charge is 2.04. The van der Waals surface area contributed by atoms with Gasteiger partial charge in [0.15, 0.2) is 0 Å². The number of halogens is 2. The van der Waals surface area contributed by atoms with Gasteiger partial charge in [-0.05, 0) is 36.2 Å². The van der Waals surface area contributed by atoms with Crippen molar-refractivity contribution in [2.24, 2.45) is 4.99 Å². The number of hydrogen-bond acceptors (Lipinski definition) is 2. The van der Waals surface area contributed by atoms with Gasteiger partial charge in [-0.3, -0.25) is 4.99 Å². The van der Waals surface area contributed by atoms with Crippen molar-refractivity contribution in [1.82, 2.24) is 0 Å². The first kappa shape index (κ1) is 17.3. The molecular formula is C15H21F2NO. The molecule has 1 aromatic rings. The average molecular weight is 269 g/mol. The largest absolute Gasteiger partial charge is 0.435 e. The highest BCUT2D eigenvalue weighted by Crippen LogP contribution is 2.19. The molecule has 0 heterocycles. The maximum Gasteiger partial charge on any atom is 0.387 e. The molecule has 0 amide bonds. The summed E-state index contributed by atoms with van der Waals surface area (Å²) >= 11 is 0. The number of aliphatic imine (C=N–C) groups is 1. The van der Waals surface area contributed by atoms with Gasteiger partial charge in [0, 0.05) is 6.21 Å². The maximum atomic E-state index is 11.9. The Kier molecular flexibility index (Phi) is 9.31. The van der Waals surface area contributed by atoms with Crippen LogP contribution in [0.25, 0.3) is 5.70 Å². The van der Waals surface area contributed by atoms with Crippen molar-refractivity contribution in [3.8, 4) is 5.75 Å². The second-order valence-corrected chi connectivity index (χ2v) is 3.45. The summed E-state index contributed by atoms with van der Waals surface area (Å²) in [6.07, 6.45) is 3.72. The fraction of sp³-hybridized carbons (Fsp3) is 0.400. The molecule has 19 heavy (non-hydrogen) atoms. The third kappa shape index (κ3) is 7.34. The van der Waals surface area contributed by atoms with Crippen molar-refractivity contribution in [3.05, 3.63) is 36.4 Å². The van der Waals surface area contributed by atoms with Crippen molar-refractivity contribution in [1.29, 1.82) is 0 Å². The van der Waals surface area contributed by atoms with Crippen LogP contribution in [-0.2, 0) is 0 Å². The molecule has 1 rings (SSSR count). The van der Waals surface area contributed by atoms with E-state index in [0.717, 1.165) is 18.4 Å². The van der Waals surface area contributed by atoms with Gasteiger partial charge >= 0.3 is 6.61 Å². The molecular weight excluding hydrogens is 248 g/mol. The van der Waals surface area contributed by atoms with Gasteiger partial charge in [0.25, 0.3) is 0 Å². The van der Waals surface area contributed by atoms with Crippen LogP contribution in [-0.4, -0.2) is 12.8 Å². The van der Waals surface area contributed by atoms with Gasteiger partial charge in [0.2, 0.25) is 0 Å². The van der Waals surface area contributed by atoms with E-state index in [4.69, 9.17) is 0 Å². The van der Waals surface area contributed by atoms with Crippen molar-refractivity contribution in [2.45, 2.75) is 40.2 Å². The lowest BCUT2D eigenvalue weighted by molar-refractivity contribution is -0.0498. The topological polar surface area (TPSA) is 21.6 Å². The number of rotatable bonds is 6. The first-order valence-electron chi connectivity index (χ1n) is 6.40. The van der Waals surface area contributed by atoms with E-state index in [0.29, 0.717) is 5.70 Å². The summed E-state index contributed by atoms with van der Waals surface area (Å²) in [5.41, 5.74) is 1.40. The Bertz CT molecular complexity index is 386. The molecule has 0 aliphatic heterocycles. The number of nitrogens with zero attached hydrogens (tertiary/aromatic N) is 1. The van der Waals surface area contributed by atoms with Crippen LogP contribution in [0, 0.1) is 0 Å². The van der Waals surface area contributed by atoms with Gasteiger partial charge in [0.1, 0.15) is 5.75 Å². The minimum atomic E-state index is -2.80. The van der Waals surface area contributed by atoms with Crippen LogP contribution >= 0.6 is 0 Å². The Morgan fingerprint density at radius 3 is 2.37 bits per heavy atom. The first-order chi connectivity index (χ1) is 9.13. The Morgan fingerprint density at radius 1 is 1.32 bits per heavy atom. The zero-order valence-electron chi connectivity index (χ0n) is 11.7. The first-order valence-corrected chi connectivity index (χ1v) is 6.40. The highest BCUT2D eigenvalue weighted by molar-refractivity contribution is 5.72. The average Bonchev–Trinajstić information content (AvgIpc) is 2.41. The Balaban J connectivity index is 0.00000154. The van der Waals surface area contributed by atoms with Crippen LogP contribution in [0.5, 0.6) is 5.75 Å². The van der Waals surface area contributed by atoms with Crippen LogP contribution in [0.1, 0.15) is 39.2 Å². The van der Waals surface area contributed by atoms with Crippen LogP contribution in [0.3, 0.4) is 0 Å². The summed E-state index contributed by atoms with van der Waals surface area (Å²) in [4.78, 5) is 4.17. The van der Waals surface area contributed by atoms with Crippen molar-refractivity contribution in [2.75, 3.05) is 0 Å². The lowest BCUT2D eigenvalue weighted by Crippen LogP contribution is -2.01. The fourth-order valence-electron chi connectivity index (χ4n) is 1.21. The summed E-state index contributed by atoms with van der Waals surface area (Å²) in [6, 6.07) is 6.26. The molecule has 0 spiro atoms. The number of alkyl halides is 2. The SMILES string of the molecule is C=C(N=CCCC)c1ccc(OC(F)F)cc1.CC. The minimum absolute atomic E-state index is 0.133. The molecule has 0 bridgehead atoms. The van der Waals surface area contributed by atoms with Crippen LogP contribution in [0.4, 0.5) is 8.78 Å². The van der Waals surface area contributed by atoms with Gasteiger partial charge in [-0.25, -0.2) is 0 Å².